The maximum atomic E-state index is 11.0. The average Bonchev–Trinajstić information content (AvgIpc) is 2.17. The number of rotatable bonds is 2. The van der Waals surface area contributed by atoms with Gasteiger partial charge in [0.15, 0.2) is 0 Å². The van der Waals surface area contributed by atoms with Crippen molar-refractivity contribution >= 4 is 30.0 Å². The monoisotopic (exact) mass is 221 g/mol. The number of nitrogens with zero attached hydrogens (tertiary/aromatic N) is 1. The highest BCUT2D eigenvalue weighted by atomic mass is 35.5. The highest BCUT2D eigenvalue weighted by Gasteiger charge is 2.06. The maximum absolute atomic E-state index is 11.0. The fourth-order valence-corrected chi connectivity index (χ4v) is 0.921. The third kappa shape index (κ3) is 3.20. The number of alkyl halides is 1. The second-order valence-electron chi connectivity index (χ2n) is 2.14. The molecule has 0 aliphatic carbocycles. The summed E-state index contributed by atoms with van der Waals surface area (Å²) in [5, 5.41) is 0. The van der Waals surface area contributed by atoms with Gasteiger partial charge in [0.2, 0.25) is 0 Å². The van der Waals surface area contributed by atoms with Crippen molar-refractivity contribution in [3.05, 3.63) is 29.6 Å². The Morgan fingerprint density at radius 1 is 1.62 bits per heavy atom. The molecule has 0 radical (unpaired) electrons. The molecule has 72 valence electrons. The van der Waals surface area contributed by atoms with Gasteiger partial charge in [-0.3, -0.25) is 0 Å². The molecule has 5 heteroatoms. The summed E-state index contributed by atoms with van der Waals surface area (Å²) in [4.78, 5) is 14.9. The largest absolute Gasteiger partial charge is 0.464 e. The van der Waals surface area contributed by atoms with Crippen molar-refractivity contribution in [3.63, 3.8) is 0 Å². The number of methoxy groups -OCH3 is 1. The minimum absolute atomic E-state index is 0. The van der Waals surface area contributed by atoms with Gasteiger partial charge >= 0.3 is 5.97 Å². The fraction of sp³-hybridized carbons (Fsp3) is 0.250. The number of pyridine rings is 1. The van der Waals surface area contributed by atoms with E-state index in [0.29, 0.717) is 11.6 Å². The molecule has 1 heterocycles. The van der Waals surface area contributed by atoms with Crippen LogP contribution in [0.25, 0.3) is 0 Å². The van der Waals surface area contributed by atoms with Crippen molar-refractivity contribution in [2.45, 2.75) is 5.88 Å². The molecule has 0 fully saturated rings. The van der Waals surface area contributed by atoms with Crippen molar-refractivity contribution in [1.82, 2.24) is 4.98 Å². The first-order valence-electron chi connectivity index (χ1n) is 3.38. The van der Waals surface area contributed by atoms with E-state index in [0.717, 1.165) is 0 Å². The minimum Gasteiger partial charge on any atom is -0.464 e. The second kappa shape index (κ2) is 5.78. The summed E-state index contributed by atoms with van der Waals surface area (Å²) >= 11 is 5.53. The highest BCUT2D eigenvalue weighted by molar-refractivity contribution is 6.16. The molecule has 0 unspecified atom stereocenters. The van der Waals surface area contributed by atoms with E-state index in [4.69, 9.17) is 11.6 Å². The van der Waals surface area contributed by atoms with Crippen LogP contribution in [0.5, 0.6) is 0 Å². The Hall–Kier alpha value is -0.800. The maximum Gasteiger partial charge on any atom is 0.356 e. The Balaban J connectivity index is 0.00000144. The fourth-order valence-electron chi connectivity index (χ4n) is 0.772. The van der Waals surface area contributed by atoms with E-state index in [2.05, 4.69) is 9.72 Å². The Bertz CT molecular complexity index is 291. The molecule has 0 spiro atoms. The number of ether oxygens (including phenoxy) is 1. The van der Waals surface area contributed by atoms with Crippen molar-refractivity contribution in [2.24, 2.45) is 0 Å². The molecule has 13 heavy (non-hydrogen) atoms. The van der Waals surface area contributed by atoms with Crippen LogP contribution in [0.4, 0.5) is 0 Å². The van der Waals surface area contributed by atoms with E-state index in [1.165, 1.54) is 7.11 Å². The van der Waals surface area contributed by atoms with Crippen LogP contribution in [-0.4, -0.2) is 18.1 Å². The lowest BCUT2D eigenvalue weighted by Gasteiger charge is -1.99. The minimum atomic E-state index is -0.443. The SMILES string of the molecule is COC(=O)c1cccc(CCl)n1.Cl. The van der Waals surface area contributed by atoms with E-state index in [1.807, 2.05) is 0 Å². The predicted molar refractivity (Wildman–Crippen MR) is 52.4 cm³/mol. The molecule has 1 aromatic heterocycles. The first-order valence-corrected chi connectivity index (χ1v) is 3.91. The number of hydrogen-bond donors (Lipinski definition) is 0. The summed E-state index contributed by atoms with van der Waals surface area (Å²) in [6, 6.07) is 5.05. The number of carbonyl (C=O) groups is 1. The summed E-state index contributed by atoms with van der Waals surface area (Å²) in [7, 11) is 1.32. The highest BCUT2D eigenvalue weighted by Crippen LogP contribution is 2.03. The van der Waals surface area contributed by atoms with Crippen LogP contribution in [0.15, 0.2) is 18.2 Å². The van der Waals surface area contributed by atoms with E-state index in [-0.39, 0.29) is 18.1 Å². The van der Waals surface area contributed by atoms with Gasteiger partial charge < -0.3 is 4.74 Å². The zero-order valence-corrected chi connectivity index (χ0v) is 8.56. The summed E-state index contributed by atoms with van der Waals surface area (Å²) < 4.78 is 4.49. The first-order chi connectivity index (χ1) is 5.77. The molecule has 0 bridgehead atoms. The Labute approximate surface area is 87.5 Å². The quantitative estimate of drug-likeness (QED) is 0.567. The summed E-state index contributed by atoms with van der Waals surface area (Å²) in [5.41, 5.74) is 0.954. The van der Waals surface area contributed by atoms with Crippen LogP contribution in [0.3, 0.4) is 0 Å². The smallest absolute Gasteiger partial charge is 0.356 e. The number of halogens is 2. The topological polar surface area (TPSA) is 39.2 Å². The Morgan fingerprint density at radius 2 is 2.31 bits per heavy atom. The lowest BCUT2D eigenvalue weighted by Crippen LogP contribution is -2.04. The molecule has 0 aromatic carbocycles. The van der Waals surface area contributed by atoms with E-state index in [9.17, 15) is 4.79 Å². The van der Waals surface area contributed by atoms with Gasteiger partial charge in [0, 0.05) is 0 Å². The molecule has 3 nitrogen and oxygen atoms in total. The zero-order valence-electron chi connectivity index (χ0n) is 6.99. The first kappa shape index (κ1) is 12.2. The standard InChI is InChI=1S/C8H8ClNO2.ClH/c1-12-8(11)7-4-2-3-6(5-9)10-7;/h2-4H,5H2,1H3;1H. The van der Waals surface area contributed by atoms with Gasteiger partial charge in [-0.1, -0.05) is 6.07 Å². The molecule has 1 rings (SSSR count). The van der Waals surface area contributed by atoms with Gasteiger partial charge in [0.25, 0.3) is 0 Å². The lowest BCUT2D eigenvalue weighted by molar-refractivity contribution is 0.0594. The molecule has 0 aliphatic heterocycles. The summed E-state index contributed by atoms with van der Waals surface area (Å²) in [6.45, 7) is 0. The van der Waals surface area contributed by atoms with Gasteiger partial charge in [-0.15, -0.1) is 24.0 Å². The molecule has 0 saturated heterocycles. The third-order valence-corrected chi connectivity index (χ3v) is 1.61. The molecule has 0 atom stereocenters. The zero-order chi connectivity index (χ0) is 8.97. The third-order valence-electron chi connectivity index (χ3n) is 1.34. The van der Waals surface area contributed by atoms with Crippen LogP contribution in [0, 0.1) is 0 Å². The predicted octanol–water partition coefficient (Wildman–Crippen LogP) is 2.03. The van der Waals surface area contributed by atoms with Crippen molar-refractivity contribution in [2.75, 3.05) is 7.11 Å². The number of esters is 1. The van der Waals surface area contributed by atoms with E-state index < -0.39 is 5.97 Å². The average molecular weight is 222 g/mol. The molecule has 1 aromatic rings. The van der Waals surface area contributed by atoms with Crippen LogP contribution in [-0.2, 0) is 10.6 Å². The lowest BCUT2D eigenvalue weighted by atomic mass is 10.3. The molecule has 0 aliphatic rings. The Kier molecular flexibility index (Phi) is 5.42. The number of hydrogen-bond acceptors (Lipinski definition) is 3. The van der Waals surface area contributed by atoms with Crippen LogP contribution in [0.1, 0.15) is 16.2 Å². The molecule has 0 amide bonds. The summed E-state index contributed by atoms with van der Waals surface area (Å²) in [5.74, 6) is -0.146. The number of carbonyl (C=O) groups excluding carboxylic acids is 1. The van der Waals surface area contributed by atoms with Crippen molar-refractivity contribution in [3.8, 4) is 0 Å². The number of aromatic nitrogens is 1. The molecular formula is C8H9Cl2NO2. The van der Waals surface area contributed by atoms with Gasteiger partial charge in [-0.05, 0) is 12.1 Å². The van der Waals surface area contributed by atoms with Crippen molar-refractivity contribution in [1.29, 1.82) is 0 Å². The van der Waals surface area contributed by atoms with Crippen LogP contribution < -0.4 is 0 Å². The molecule has 0 saturated carbocycles. The normalized spacial score (nSPS) is 8.77. The summed E-state index contributed by atoms with van der Waals surface area (Å²) in [6.07, 6.45) is 0. The van der Waals surface area contributed by atoms with Crippen LogP contribution in [0.2, 0.25) is 0 Å². The second-order valence-corrected chi connectivity index (χ2v) is 2.41. The Morgan fingerprint density at radius 3 is 2.85 bits per heavy atom. The van der Waals surface area contributed by atoms with Gasteiger partial charge in [0.1, 0.15) is 5.69 Å². The molecule has 0 N–H and O–H groups in total. The van der Waals surface area contributed by atoms with Crippen LogP contribution >= 0.6 is 24.0 Å². The van der Waals surface area contributed by atoms with E-state index >= 15 is 0 Å². The van der Waals surface area contributed by atoms with E-state index in [1.54, 1.807) is 18.2 Å². The van der Waals surface area contributed by atoms with Crippen molar-refractivity contribution < 1.29 is 9.53 Å². The van der Waals surface area contributed by atoms with Gasteiger partial charge in [0.05, 0.1) is 18.7 Å². The van der Waals surface area contributed by atoms with Gasteiger partial charge in [-0.25, -0.2) is 9.78 Å². The molecular weight excluding hydrogens is 213 g/mol. The van der Waals surface area contributed by atoms with Gasteiger partial charge in [-0.2, -0.15) is 0 Å².